The minimum Gasteiger partial charge on any atom is -0.446 e. The van der Waals surface area contributed by atoms with Crippen LogP contribution in [0.1, 0.15) is 34.9 Å². The first-order chi connectivity index (χ1) is 10.5. The molecule has 1 aromatic carbocycles. The number of carbonyl (C=O) groups is 1. The van der Waals surface area contributed by atoms with Gasteiger partial charge < -0.3 is 20.6 Å². The highest BCUT2D eigenvalue weighted by atomic mass is 35.5. The number of nitrogens with one attached hydrogen (secondary N) is 1. The maximum atomic E-state index is 11.9. The summed E-state index contributed by atoms with van der Waals surface area (Å²) in [5, 5.41) is 12.8. The molecule has 22 heavy (non-hydrogen) atoms. The standard InChI is InChI=1S/C15H18ClN3O3/c1-9(20)13(17)15-19-12(8-22-15)14(21)18-6-5-10-3-2-4-11(16)7-10/h2-4,7-9,13,20H,5-6,17H2,1H3,(H,18,21). The van der Waals surface area contributed by atoms with Crippen molar-refractivity contribution in [3.05, 3.63) is 52.7 Å². The molecule has 0 saturated carbocycles. The molecule has 1 amide bonds. The van der Waals surface area contributed by atoms with Crippen molar-refractivity contribution >= 4 is 17.5 Å². The van der Waals surface area contributed by atoms with Crippen LogP contribution in [-0.2, 0) is 6.42 Å². The highest BCUT2D eigenvalue weighted by molar-refractivity contribution is 6.30. The predicted molar refractivity (Wildman–Crippen MR) is 82.6 cm³/mol. The number of hydrogen-bond donors (Lipinski definition) is 3. The zero-order valence-corrected chi connectivity index (χ0v) is 12.9. The average molecular weight is 324 g/mol. The second-order valence-corrected chi connectivity index (χ2v) is 5.41. The normalized spacial score (nSPS) is 13.6. The lowest BCUT2D eigenvalue weighted by molar-refractivity contribution is 0.0948. The third-order valence-corrected chi connectivity index (χ3v) is 3.38. The zero-order chi connectivity index (χ0) is 16.1. The van der Waals surface area contributed by atoms with Crippen LogP contribution in [0.25, 0.3) is 0 Å². The molecular formula is C15H18ClN3O3. The number of amides is 1. The lowest BCUT2D eigenvalue weighted by Crippen LogP contribution is -2.27. The molecule has 0 aliphatic rings. The molecule has 7 heteroatoms. The van der Waals surface area contributed by atoms with Crippen molar-refractivity contribution in [1.82, 2.24) is 10.3 Å². The van der Waals surface area contributed by atoms with E-state index in [4.69, 9.17) is 21.8 Å². The summed E-state index contributed by atoms with van der Waals surface area (Å²) >= 11 is 5.90. The van der Waals surface area contributed by atoms with E-state index in [0.29, 0.717) is 18.0 Å². The molecule has 0 aliphatic heterocycles. The van der Waals surface area contributed by atoms with E-state index in [1.54, 1.807) is 6.07 Å². The van der Waals surface area contributed by atoms with Gasteiger partial charge >= 0.3 is 0 Å². The maximum absolute atomic E-state index is 11.9. The quantitative estimate of drug-likeness (QED) is 0.750. The summed E-state index contributed by atoms with van der Waals surface area (Å²) < 4.78 is 5.11. The number of benzene rings is 1. The topological polar surface area (TPSA) is 101 Å². The molecule has 2 aromatic rings. The second kappa shape index (κ2) is 7.40. The number of aromatic nitrogens is 1. The van der Waals surface area contributed by atoms with E-state index in [-0.39, 0.29) is 17.5 Å². The Bertz CT molecular complexity index is 642. The molecular weight excluding hydrogens is 306 g/mol. The van der Waals surface area contributed by atoms with E-state index in [0.717, 1.165) is 5.56 Å². The molecule has 0 bridgehead atoms. The van der Waals surface area contributed by atoms with Crippen LogP contribution in [0.3, 0.4) is 0 Å². The molecule has 2 rings (SSSR count). The lowest BCUT2D eigenvalue weighted by atomic mass is 10.1. The minimum atomic E-state index is -0.808. The molecule has 1 aromatic heterocycles. The Labute approximate surface area is 133 Å². The largest absolute Gasteiger partial charge is 0.446 e. The van der Waals surface area contributed by atoms with Gasteiger partial charge in [-0.05, 0) is 31.0 Å². The van der Waals surface area contributed by atoms with Crippen LogP contribution in [-0.4, -0.2) is 28.6 Å². The number of hydrogen-bond acceptors (Lipinski definition) is 5. The number of carbonyl (C=O) groups excluding carboxylic acids is 1. The van der Waals surface area contributed by atoms with Crippen LogP contribution in [0.2, 0.25) is 5.02 Å². The van der Waals surface area contributed by atoms with Crippen molar-refractivity contribution in [3.8, 4) is 0 Å². The van der Waals surface area contributed by atoms with Gasteiger partial charge in [0.15, 0.2) is 5.69 Å². The molecule has 0 fully saturated rings. The van der Waals surface area contributed by atoms with Gasteiger partial charge in [0, 0.05) is 11.6 Å². The third kappa shape index (κ3) is 4.30. The molecule has 2 unspecified atom stereocenters. The monoisotopic (exact) mass is 323 g/mol. The fraction of sp³-hybridized carbons (Fsp3) is 0.333. The molecule has 4 N–H and O–H groups in total. The van der Waals surface area contributed by atoms with Gasteiger partial charge in [-0.3, -0.25) is 4.79 Å². The van der Waals surface area contributed by atoms with Crippen LogP contribution in [0.15, 0.2) is 34.9 Å². The van der Waals surface area contributed by atoms with Crippen molar-refractivity contribution in [2.24, 2.45) is 5.73 Å². The Balaban J connectivity index is 1.87. The summed E-state index contributed by atoms with van der Waals surface area (Å²) in [5.74, 6) is -0.218. The van der Waals surface area contributed by atoms with Gasteiger partial charge in [0.2, 0.25) is 5.89 Å². The molecule has 0 saturated heterocycles. The first-order valence-electron chi connectivity index (χ1n) is 6.89. The maximum Gasteiger partial charge on any atom is 0.273 e. The Morgan fingerprint density at radius 2 is 2.32 bits per heavy atom. The molecule has 118 valence electrons. The Kier molecular flexibility index (Phi) is 5.54. The first-order valence-corrected chi connectivity index (χ1v) is 7.27. The van der Waals surface area contributed by atoms with E-state index in [9.17, 15) is 9.90 Å². The van der Waals surface area contributed by atoms with Crippen molar-refractivity contribution in [2.75, 3.05) is 6.54 Å². The third-order valence-electron chi connectivity index (χ3n) is 3.15. The molecule has 2 atom stereocenters. The van der Waals surface area contributed by atoms with E-state index in [1.807, 2.05) is 18.2 Å². The zero-order valence-electron chi connectivity index (χ0n) is 12.1. The van der Waals surface area contributed by atoms with Gasteiger partial charge in [-0.15, -0.1) is 0 Å². The van der Waals surface area contributed by atoms with Crippen LogP contribution in [0.4, 0.5) is 0 Å². The Morgan fingerprint density at radius 1 is 1.55 bits per heavy atom. The number of aliphatic hydroxyl groups is 1. The summed E-state index contributed by atoms with van der Waals surface area (Å²) in [6.07, 6.45) is 1.08. The van der Waals surface area contributed by atoms with Crippen molar-refractivity contribution in [1.29, 1.82) is 0 Å². The van der Waals surface area contributed by atoms with E-state index in [1.165, 1.54) is 13.2 Å². The van der Waals surface area contributed by atoms with Gasteiger partial charge in [0.05, 0.1) is 6.10 Å². The van der Waals surface area contributed by atoms with E-state index < -0.39 is 12.1 Å². The number of halogens is 1. The smallest absolute Gasteiger partial charge is 0.273 e. The number of aliphatic hydroxyl groups excluding tert-OH is 1. The van der Waals surface area contributed by atoms with Gasteiger partial charge in [-0.1, -0.05) is 23.7 Å². The fourth-order valence-electron chi connectivity index (χ4n) is 1.85. The number of nitrogens with zero attached hydrogens (tertiary/aromatic N) is 1. The van der Waals surface area contributed by atoms with Crippen molar-refractivity contribution < 1.29 is 14.3 Å². The van der Waals surface area contributed by atoms with E-state index >= 15 is 0 Å². The van der Waals surface area contributed by atoms with Crippen molar-refractivity contribution in [3.63, 3.8) is 0 Å². The number of nitrogens with two attached hydrogens (primary N) is 1. The highest BCUT2D eigenvalue weighted by Crippen LogP contribution is 2.14. The molecule has 6 nitrogen and oxygen atoms in total. The first kappa shape index (κ1) is 16.5. The summed E-state index contributed by atoms with van der Waals surface area (Å²) in [6, 6.07) is 6.69. The molecule has 1 heterocycles. The SMILES string of the molecule is CC(O)C(N)c1nc(C(=O)NCCc2cccc(Cl)c2)co1. The highest BCUT2D eigenvalue weighted by Gasteiger charge is 2.20. The molecule has 0 spiro atoms. The lowest BCUT2D eigenvalue weighted by Gasteiger charge is -2.09. The van der Waals surface area contributed by atoms with Gasteiger partial charge in [-0.25, -0.2) is 4.98 Å². The van der Waals surface area contributed by atoms with Gasteiger partial charge in [-0.2, -0.15) is 0 Å². The van der Waals surface area contributed by atoms with Gasteiger partial charge in [0.25, 0.3) is 5.91 Å². The number of rotatable bonds is 6. The summed E-state index contributed by atoms with van der Waals surface area (Å²) in [6.45, 7) is 1.98. The van der Waals surface area contributed by atoms with Crippen LogP contribution >= 0.6 is 11.6 Å². The molecule has 0 aliphatic carbocycles. The van der Waals surface area contributed by atoms with Crippen LogP contribution in [0, 0.1) is 0 Å². The predicted octanol–water partition coefficient (Wildman–Crippen LogP) is 1.68. The minimum absolute atomic E-state index is 0.134. The number of oxazole rings is 1. The summed E-state index contributed by atoms with van der Waals surface area (Å²) in [5.41, 5.74) is 6.86. The summed E-state index contributed by atoms with van der Waals surface area (Å²) in [7, 11) is 0. The molecule has 0 radical (unpaired) electrons. The van der Waals surface area contributed by atoms with Crippen molar-refractivity contribution in [2.45, 2.75) is 25.5 Å². The van der Waals surface area contributed by atoms with E-state index in [2.05, 4.69) is 10.3 Å². The van der Waals surface area contributed by atoms with Crippen LogP contribution < -0.4 is 11.1 Å². The second-order valence-electron chi connectivity index (χ2n) is 4.97. The fourth-order valence-corrected chi connectivity index (χ4v) is 2.07. The Hall–Kier alpha value is -1.89. The average Bonchev–Trinajstić information content (AvgIpc) is 2.96. The van der Waals surface area contributed by atoms with Gasteiger partial charge in [0.1, 0.15) is 12.3 Å². The van der Waals surface area contributed by atoms with Crippen LogP contribution in [0.5, 0.6) is 0 Å². The summed E-state index contributed by atoms with van der Waals surface area (Å²) in [4.78, 5) is 15.9. The Morgan fingerprint density at radius 3 is 3.00 bits per heavy atom.